The summed E-state index contributed by atoms with van der Waals surface area (Å²) in [5.41, 5.74) is 5.11. The van der Waals surface area contributed by atoms with Gasteiger partial charge in [0.1, 0.15) is 17.1 Å². The number of carbonyl (C=O) groups is 1. The average molecular weight is 241 g/mol. The number of phenols is 1. The number of aromatic hydroxyl groups is 1. The van der Waals surface area contributed by atoms with Crippen LogP contribution >= 0.6 is 0 Å². The zero-order chi connectivity index (χ0) is 13.4. The van der Waals surface area contributed by atoms with E-state index in [0.717, 1.165) is 12.1 Å². The average Bonchev–Trinajstić information content (AvgIpc) is 2.18. The van der Waals surface area contributed by atoms with E-state index in [1.54, 1.807) is 0 Å². The topological polar surface area (TPSA) is 83.6 Å². The predicted octanol–water partition coefficient (Wildman–Crippen LogP) is 2.28. The summed E-state index contributed by atoms with van der Waals surface area (Å²) >= 11 is 0. The highest BCUT2D eigenvalue weighted by molar-refractivity contribution is 5.91. The van der Waals surface area contributed by atoms with Crippen molar-refractivity contribution in [2.75, 3.05) is 0 Å². The molecule has 0 bridgehead atoms. The first-order valence-corrected chi connectivity index (χ1v) is 5.16. The van der Waals surface area contributed by atoms with Gasteiger partial charge in [0, 0.05) is 11.6 Å². The molecule has 4 N–H and O–H groups in total. The maximum absolute atomic E-state index is 13.3. The maximum atomic E-state index is 13.3. The Morgan fingerprint density at radius 2 is 1.94 bits per heavy atom. The second-order valence-electron chi connectivity index (χ2n) is 5.04. The zero-order valence-electron chi connectivity index (χ0n) is 9.99. The largest absolute Gasteiger partial charge is 0.507 e. The maximum Gasteiger partial charge on any atom is 0.339 e. The van der Waals surface area contributed by atoms with Crippen LogP contribution in [0.4, 0.5) is 4.39 Å². The minimum absolute atomic E-state index is 0.106. The lowest BCUT2D eigenvalue weighted by Gasteiger charge is -2.28. The fourth-order valence-electron chi connectivity index (χ4n) is 1.49. The first kappa shape index (κ1) is 13.4. The molecule has 0 unspecified atom stereocenters. The molecule has 0 radical (unpaired) electrons. The van der Waals surface area contributed by atoms with Crippen molar-refractivity contribution in [3.8, 4) is 5.75 Å². The van der Waals surface area contributed by atoms with E-state index < -0.39 is 34.6 Å². The summed E-state index contributed by atoms with van der Waals surface area (Å²) in [4.78, 5) is 10.8. The van der Waals surface area contributed by atoms with Crippen LogP contribution in [0.1, 0.15) is 42.7 Å². The first-order valence-electron chi connectivity index (χ1n) is 5.16. The van der Waals surface area contributed by atoms with Crippen LogP contribution in [-0.2, 0) is 0 Å². The molecule has 5 heteroatoms. The second-order valence-corrected chi connectivity index (χ2v) is 5.04. The van der Waals surface area contributed by atoms with E-state index in [9.17, 15) is 14.3 Å². The van der Waals surface area contributed by atoms with E-state index in [0.29, 0.717) is 0 Å². The smallest absolute Gasteiger partial charge is 0.339 e. The molecule has 1 atom stereocenters. The van der Waals surface area contributed by atoms with Crippen molar-refractivity contribution in [1.29, 1.82) is 0 Å². The van der Waals surface area contributed by atoms with Crippen LogP contribution in [0.5, 0.6) is 5.75 Å². The van der Waals surface area contributed by atoms with E-state index in [2.05, 4.69) is 0 Å². The number of nitrogens with two attached hydrogens (primary N) is 1. The molecule has 0 spiro atoms. The Labute approximate surface area is 98.9 Å². The van der Waals surface area contributed by atoms with Crippen LogP contribution in [0, 0.1) is 11.2 Å². The number of rotatable bonds is 2. The van der Waals surface area contributed by atoms with Crippen molar-refractivity contribution >= 4 is 5.97 Å². The summed E-state index contributed by atoms with van der Waals surface area (Å²) < 4.78 is 13.3. The molecule has 0 aliphatic heterocycles. The summed E-state index contributed by atoms with van der Waals surface area (Å²) in [6.45, 7) is 5.47. The van der Waals surface area contributed by atoms with Gasteiger partial charge < -0.3 is 15.9 Å². The van der Waals surface area contributed by atoms with Gasteiger partial charge in [-0.1, -0.05) is 20.8 Å². The summed E-state index contributed by atoms with van der Waals surface area (Å²) in [7, 11) is 0. The Morgan fingerprint density at radius 3 is 2.35 bits per heavy atom. The molecule has 17 heavy (non-hydrogen) atoms. The van der Waals surface area contributed by atoms with Crippen molar-refractivity contribution in [3.05, 3.63) is 29.1 Å². The molecule has 1 aromatic carbocycles. The molecule has 0 fully saturated rings. The number of halogens is 1. The fraction of sp³-hybridized carbons (Fsp3) is 0.417. The fourth-order valence-corrected chi connectivity index (χ4v) is 1.49. The van der Waals surface area contributed by atoms with Crippen molar-refractivity contribution in [1.82, 2.24) is 0 Å². The van der Waals surface area contributed by atoms with Crippen molar-refractivity contribution in [2.45, 2.75) is 26.8 Å². The molecule has 1 aromatic rings. The molecule has 94 valence electrons. The highest BCUT2D eigenvalue weighted by Gasteiger charge is 2.27. The number of carboxylic acids is 1. The van der Waals surface area contributed by atoms with Gasteiger partial charge in [0.2, 0.25) is 0 Å². The minimum atomic E-state index is -1.38. The summed E-state index contributed by atoms with van der Waals surface area (Å²) in [5.74, 6) is -2.58. The van der Waals surface area contributed by atoms with Gasteiger partial charge in [-0.25, -0.2) is 9.18 Å². The predicted molar refractivity (Wildman–Crippen MR) is 61.4 cm³/mol. The van der Waals surface area contributed by atoms with Crippen LogP contribution < -0.4 is 5.73 Å². The molecular weight excluding hydrogens is 225 g/mol. The quantitative estimate of drug-likeness (QED) is 0.741. The lowest BCUT2D eigenvalue weighted by atomic mass is 9.82. The highest BCUT2D eigenvalue weighted by Crippen LogP contribution is 2.37. The molecule has 1 rings (SSSR count). The third-order valence-electron chi connectivity index (χ3n) is 2.60. The summed E-state index contributed by atoms with van der Waals surface area (Å²) in [5, 5.41) is 18.6. The second kappa shape index (κ2) is 4.33. The van der Waals surface area contributed by atoms with E-state index in [-0.39, 0.29) is 5.56 Å². The molecule has 0 saturated carbocycles. The van der Waals surface area contributed by atoms with Gasteiger partial charge in [0.05, 0.1) is 0 Å². The van der Waals surface area contributed by atoms with Crippen molar-refractivity contribution < 1.29 is 19.4 Å². The molecule has 0 aliphatic carbocycles. The van der Waals surface area contributed by atoms with Gasteiger partial charge in [-0.05, 0) is 17.5 Å². The van der Waals surface area contributed by atoms with Crippen molar-refractivity contribution in [3.63, 3.8) is 0 Å². The van der Waals surface area contributed by atoms with Gasteiger partial charge in [-0.2, -0.15) is 0 Å². The van der Waals surface area contributed by atoms with Gasteiger partial charge in [-0.15, -0.1) is 0 Å². The summed E-state index contributed by atoms with van der Waals surface area (Å²) in [6.07, 6.45) is 0. The Hall–Kier alpha value is -1.62. The van der Waals surface area contributed by atoms with Crippen LogP contribution in [0.15, 0.2) is 12.1 Å². The van der Waals surface area contributed by atoms with Crippen molar-refractivity contribution in [2.24, 2.45) is 11.1 Å². The first-order chi connectivity index (χ1) is 7.64. The Morgan fingerprint density at radius 1 is 1.41 bits per heavy atom. The standard InChI is InChI=1S/C12H16FNO3/c1-12(2,3)10(14)7-4-6(13)5-8(9(7)15)11(16)17/h4-5,10,15H,14H2,1-3H3,(H,16,17)/t10-/m1/s1. The van der Waals surface area contributed by atoms with Gasteiger partial charge in [0.25, 0.3) is 0 Å². The van der Waals surface area contributed by atoms with Crippen LogP contribution in [0.3, 0.4) is 0 Å². The molecule has 0 saturated heterocycles. The molecule has 0 aliphatic rings. The van der Waals surface area contributed by atoms with Crippen LogP contribution in [0.25, 0.3) is 0 Å². The number of carboxylic acid groups (broad SMARTS) is 1. The van der Waals surface area contributed by atoms with Crippen LogP contribution in [-0.4, -0.2) is 16.2 Å². The van der Waals surface area contributed by atoms with Gasteiger partial charge in [-0.3, -0.25) is 0 Å². The van der Waals surface area contributed by atoms with E-state index in [1.165, 1.54) is 0 Å². The third kappa shape index (κ3) is 2.74. The van der Waals surface area contributed by atoms with E-state index in [1.807, 2.05) is 20.8 Å². The molecule has 0 heterocycles. The van der Waals surface area contributed by atoms with Gasteiger partial charge >= 0.3 is 5.97 Å². The lowest BCUT2D eigenvalue weighted by Crippen LogP contribution is -2.26. The van der Waals surface area contributed by atoms with E-state index >= 15 is 0 Å². The Bertz CT molecular complexity index is 452. The van der Waals surface area contributed by atoms with Gasteiger partial charge in [0.15, 0.2) is 0 Å². The highest BCUT2D eigenvalue weighted by atomic mass is 19.1. The Kier molecular flexibility index (Phi) is 3.43. The molecule has 0 amide bonds. The monoisotopic (exact) mass is 241 g/mol. The molecular formula is C12H16FNO3. The number of hydrogen-bond acceptors (Lipinski definition) is 3. The molecule has 4 nitrogen and oxygen atoms in total. The third-order valence-corrected chi connectivity index (χ3v) is 2.60. The normalized spacial score (nSPS) is 13.5. The number of benzene rings is 1. The number of hydrogen-bond donors (Lipinski definition) is 3. The number of aromatic carboxylic acids is 1. The van der Waals surface area contributed by atoms with Crippen LogP contribution in [0.2, 0.25) is 0 Å². The zero-order valence-corrected chi connectivity index (χ0v) is 9.99. The Balaban J connectivity index is 3.40. The molecule has 0 aromatic heterocycles. The van der Waals surface area contributed by atoms with E-state index in [4.69, 9.17) is 10.8 Å². The lowest BCUT2D eigenvalue weighted by molar-refractivity contribution is 0.0692. The summed E-state index contributed by atoms with van der Waals surface area (Å²) in [6, 6.07) is 1.19. The minimum Gasteiger partial charge on any atom is -0.507 e. The SMILES string of the molecule is CC(C)(C)[C@H](N)c1cc(F)cc(C(=O)O)c1O.